The van der Waals surface area contributed by atoms with E-state index >= 15 is 0 Å². The Morgan fingerprint density at radius 1 is 1.29 bits per heavy atom. The number of H-pyrrole nitrogens is 1. The van der Waals surface area contributed by atoms with Crippen molar-refractivity contribution in [3.8, 4) is 0 Å². The molecule has 0 bridgehead atoms. The van der Waals surface area contributed by atoms with E-state index in [1.165, 1.54) is 6.33 Å². The molecule has 0 unspecified atom stereocenters. The third kappa shape index (κ3) is 3.21. The lowest BCUT2D eigenvalue weighted by Crippen LogP contribution is -2.39. The van der Waals surface area contributed by atoms with Crippen LogP contribution in [0.5, 0.6) is 0 Å². The van der Waals surface area contributed by atoms with Gasteiger partial charge >= 0.3 is 17.6 Å². The van der Waals surface area contributed by atoms with E-state index in [4.69, 9.17) is 0 Å². The summed E-state index contributed by atoms with van der Waals surface area (Å²) in [7, 11) is 0. The van der Waals surface area contributed by atoms with Gasteiger partial charge < -0.3 is 0 Å². The lowest BCUT2D eigenvalue weighted by atomic mass is 10.2. The van der Waals surface area contributed by atoms with Crippen molar-refractivity contribution in [1.29, 1.82) is 0 Å². The highest BCUT2D eigenvalue weighted by molar-refractivity contribution is 7.18. The van der Waals surface area contributed by atoms with Crippen LogP contribution in [-0.4, -0.2) is 30.1 Å². The highest BCUT2D eigenvalue weighted by Crippen LogP contribution is 2.34. The Kier molecular flexibility index (Phi) is 4.32. The van der Waals surface area contributed by atoms with E-state index < -0.39 is 36.1 Å². The van der Waals surface area contributed by atoms with E-state index in [1.807, 2.05) is 0 Å². The van der Waals surface area contributed by atoms with Gasteiger partial charge in [-0.3, -0.25) is 18.9 Å². The highest BCUT2D eigenvalue weighted by Gasteiger charge is 2.32. The van der Waals surface area contributed by atoms with Crippen LogP contribution in [0.3, 0.4) is 0 Å². The molecule has 1 aliphatic carbocycles. The number of alkyl halides is 3. The zero-order valence-electron chi connectivity index (χ0n) is 14.7. The van der Waals surface area contributed by atoms with Crippen LogP contribution < -0.4 is 16.9 Å². The molecular formula is C16H16F3N5O3S. The first kappa shape index (κ1) is 18.7. The molecular weight excluding hydrogens is 399 g/mol. The number of fused-ring (bicyclic) bond motifs is 1. The SMILES string of the molecule is Cc1c(Cn2nc[nH]c2=O)sc2c1c(=O)n(C1CC1)c(=O)n2CCC(F)(F)F. The molecule has 3 heterocycles. The zero-order valence-corrected chi connectivity index (χ0v) is 15.6. The van der Waals surface area contributed by atoms with Crippen molar-refractivity contribution in [2.24, 2.45) is 0 Å². The lowest BCUT2D eigenvalue weighted by Gasteiger charge is -2.12. The summed E-state index contributed by atoms with van der Waals surface area (Å²) in [5, 5.41) is 4.10. The van der Waals surface area contributed by atoms with Gasteiger partial charge in [-0.05, 0) is 25.3 Å². The number of aromatic nitrogens is 5. The smallest absolute Gasteiger partial charge is 0.295 e. The fraction of sp³-hybridized carbons (Fsp3) is 0.500. The minimum atomic E-state index is -4.43. The van der Waals surface area contributed by atoms with Gasteiger partial charge in [0.2, 0.25) is 0 Å². The average molecular weight is 415 g/mol. The molecule has 0 amide bonds. The number of aromatic amines is 1. The molecule has 150 valence electrons. The van der Waals surface area contributed by atoms with Gasteiger partial charge in [0, 0.05) is 17.5 Å². The largest absolute Gasteiger partial charge is 0.390 e. The second-order valence-electron chi connectivity index (χ2n) is 6.79. The summed E-state index contributed by atoms with van der Waals surface area (Å²) in [6, 6.07) is -0.266. The maximum atomic E-state index is 12.9. The lowest BCUT2D eigenvalue weighted by molar-refractivity contribution is -0.136. The van der Waals surface area contributed by atoms with Crippen LogP contribution in [0, 0.1) is 6.92 Å². The van der Waals surface area contributed by atoms with Gasteiger partial charge in [0.25, 0.3) is 5.56 Å². The number of nitrogens with zero attached hydrogens (tertiary/aromatic N) is 4. The molecule has 12 heteroatoms. The summed E-state index contributed by atoms with van der Waals surface area (Å²) >= 11 is 1.05. The van der Waals surface area contributed by atoms with Crippen LogP contribution in [-0.2, 0) is 13.1 Å². The van der Waals surface area contributed by atoms with E-state index in [1.54, 1.807) is 6.92 Å². The van der Waals surface area contributed by atoms with Gasteiger partial charge in [0.1, 0.15) is 11.2 Å². The Labute approximate surface area is 158 Å². The van der Waals surface area contributed by atoms with Crippen molar-refractivity contribution in [2.75, 3.05) is 0 Å². The van der Waals surface area contributed by atoms with Crippen LogP contribution >= 0.6 is 11.3 Å². The van der Waals surface area contributed by atoms with Gasteiger partial charge in [0.05, 0.1) is 18.4 Å². The van der Waals surface area contributed by atoms with Crippen LogP contribution in [0.25, 0.3) is 10.2 Å². The fourth-order valence-corrected chi connectivity index (χ4v) is 4.48. The molecule has 1 aliphatic rings. The van der Waals surface area contributed by atoms with Crippen LogP contribution in [0.2, 0.25) is 0 Å². The standard InChI is InChI=1S/C16H16F3N5O3S/c1-8-10(6-23-14(26)20-7-21-23)28-13-11(8)12(25)24(9-2-3-9)15(27)22(13)5-4-16(17,18)19/h7,9H,2-6H2,1H3,(H,20,21,26). The Balaban J connectivity index is 1.92. The number of nitrogens with one attached hydrogen (secondary N) is 1. The number of hydrogen-bond acceptors (Lipinski definition) is 5. The number of hydrogen-bond donors (Lipinski definition) is 1. The molecule has 0 saturated heterocycles. The predicted molar refractivity (Wildman–Crippen MR) is 96.0 cm³/mol. The molecule has 1 fully saturated rings. The van der Waals surface area contributed by atoms with Crippen molar-refractivity contribution < 1.29 is 13.2 Å². The van der Waals surface area contributed by atoms with Crippen LogP contribution in [0.15, 0.2) is 20.7 Å². The summed E-state index contributed by atoms with van der Waals surface area (Å²) in [5.41, 5.74) is -1.09. The van der Waals surface area contributed by atoms with Gasteiger partial charge in [-0.1, -0.05) is 0 Å². The van der Waals surface area contributed by atoms with E-state index in [-0.39, 0.29) is 22.8 Å². The molecule has 1 saturated carbocycles. The minimum Gasteiger partial charge on any atom is -0.295 e. The second-order valence-corrected chi connectivity index (χ2v) is 7.87. The Hall–Kier alpha value is -2.63. The maximum Gasteiger partial charge on any atom is 0.390 e. The Bertz CT molecular complexity index is 1230. The molecule has 8 nitrogen and oxygen atoms in total. The number of halogens is 3. The number of thiophene rings is 1. The molecule has 28 heavy (non-hydrogen) atoms. The monoisotopic (exact) mass is 415 g/mol. The van der Waals surface area contributed by atoms with E-state index in [0.717, 1.165) is 25.2 Å². The quantitative estimate of drug-likeness (QED) is 0.687. The molecule has 4 rings (SSSR count). The molecule has 0 atom stereocenters. The summed E-state index contributed by atoms with van der Waals surface area (Å²) in [6.07, 6.45) is -3.07. The van der Waals surface area contributed by atoms with Crippen LogP contribution in [0.4, 0.5) is 13.2 Å². The van der Waals surface area contributed by atoms with E-state index in [2.05, 4.69) is 10.1 Å². The Morgan fingerprint density at radius 3 is 2.57 bits per heavy atom. The maximum absolute atomic E-state index is 12.9. The van der Waals surface area contributed by atoms with E-state index in [0.29, 0.717) is 23.3 Å². The van der Waals surface area contributed by atoms with Crippen molar-refractivity contribution in [1.82, 2.24) is 23.9 Å². The zero-order chi connectivity index (χ0) is 20.2. The normalized spacial score (nSPS) is 14.9. The fourth-order valence-electron chi connectivity index (χ4n) is 3.18. The summed E-state index contributed by atoms with van der Waals surface area (Å²) < 4.78 is 41.6. The molecule has 0 spiro atoms. The molecule has 0 aromatic carbocycles. The molecule has 3 aromatic rings. The Morgan fingerprint density at radius 2 is 2.00 bits per heavy atom. The molecule has 0 radical (unpaired) electrons. The van der Waals surface area contributed by atoms with Crippen molar-refractivity contribution in [2.45, 2.75) is 51.5 Å². The first-order valence-electron chi connectivity index (χ1n) is 8.62. The second kappa shape index (κ2) is 6.47. The van der Waals surface area contributed by atoms with Gasteiger partial charge in [0.15, 0.2) is 0 Å². The number of rotatable bonds is 5. The average Bonchev–Trinajstić information content (AvgIpc) is 3.27. The number of aryl methyl sites for hydroxylation is 2. The topological polar surface area (TPSA) is 94.7 Å². The third-order valence-corrected chi connectivity index (χ3v) is 6.09. The van der Waals surface area contributed by atoms with Gasteiger partial charge in [-0.15, -0.1) is 11.3 Å². The van der Waals surface area contributed by atoms with Gasteiger partial charge in [-0.2, -0.15) is 18.3 Å². The summed E-state index contributed by atoms with van der Waals surface area (Å²) in [5.74, 6) is 0. The molecule has 0 aliphatic heterocycles. The third-order valence-electron chi connectivity index (χ3n) is 4.79. The molecule has 1 N–H and O–H groups in total. The van der Waals surface area contributed by atoms with Crippen molar-refractivity contribution >= 4 is 21.6 Å². The van der Waals surface area contributed by atoms with Gasteiger partial charge in [-0.25, -0.2) is 14.3 Å². The van der Waals surface area contributed by atoms with E-state index in [9.17, 15) is 27.6 Å². The predicted octanol–water partition coefficient (Wildman–Crippen LogP) is 1.75. The first-order valence-corrected chi connectivity index (χ1v) is 9.43. The van der Waals surface area contributed by atoms with Crippen molar-refractivity contribution in [3.63, 3.8) is 0 Å². The minimum absolute atomic E-state index is 0.0594. The van der Waals surface area contributed by atoms with Crippen molar-refractivity contribution in [3.05, 3.63) is 48.1 Å². The highest BCUT2D eigenvalue weighted by atomic mass is 32.1. The summed E-state index contributed by atoms with van der Waals surface area (Å²) in [4.78, 5) is 40.6. The summed E-state index contributed by atoms with van der Waals surface area (Å²) in [6.45, 7) is 1.17. The first-order chi connectivity index (χ1) is 13.2. The van der Waals surface area contributed by atoms with Crippen LogP contribution in [0.1, 0.15) is 35.7 Å². The molecule has 3 aromatic heterocycles.